The second-order valence-corrected chi connectivity index (χ2v) is 6.70. The lowest BCUT2D eigenvalue weighted by Gasteiger charge is -2.46. The Bertz CT molecular complexity index is 470. The molecule has 146 valence electrons. The Morgan fingerprint density at radius 1 is 1.12 bits per heavy atom. The maximum Gasteiger partial charge on any atom is 0.337 e. The number of β-amino-alcohol motifs (C(OH)–C–C–N with tert-alkyl or cyclic N) is 1. The van der Waals surface area contributed by atoms with Gasteiger partial charge in [-0.3, -0.25) is 0 Å². The van der Waals surface area contributed by atoms with Gasteiger partial charge < -0.3 is 39.7 Å². The number of carbonyl (C=O) groups excluding carboxylic acids is 1. The predicted molar refractivity (Wildman–Crippen MR) is 82.2 cm³/mol. The number of hydrogen-bond donors (Lipinski definition) is 5. The zero-order chi connectivity index (χ0) is 18.9. The van der Waals surface area contributed by atoms with Crippen LogP contribution < -0.4 is 0 Å². The van der Waals surface area contributed by atoms with Crippen molar-refractivity contribution in [3.63, 3.8) is 0 Å². The Morgan fingerprint density at radius 2 is 1.76 bits per heavy atom. The zero-order valence-corrected chi connectivity index (χ0v) is 14.6. The van der Waals surface area contributed by atoms with Gasteiger partial charge in [-0.1, -0.05) is 0 Å². The van der Waals surface area contributed by atoms with Crippen LogP contribution >= 0.6 is 11.8 Å². The van der Waals surface area contributed by atoms with Gasteiger partial charge in [0.05, 0.1) is 31.5 Å². The van der Waals surface area contributed by atoms with Crippen molar-refractivity contribution in [2.75, 3.05) is 20.8 Å². The average Bonchev–Trinajstić information content (AvgIpc) is 2.58. The minimum Gasteiger partial charge on any atom is -0.467 e. The van der Waals surface area contributed by atoms with E-state index in [0.717, 1.165) is 11.5 Å². The van der Waals surface area contributed by atoms with Gasteiger partial charge in [0, 0.05) is 19.6 Å². The molecule has 0 aliphatic carbocycles. The molecule has 0 bridgehead atoms. The summed E-state index contributed by atoms with van der Waals surface area (Å²) in [5, 5.41) is 50.5. The summed E-state index contributed by atoms with van der Waals surface area (Å²) in [5.41, 5.74) is 0. The van der Waals surface area contributed by atoms with E-state index in [4.69, 9.17) is 21.3 Å². The van der Waals surface area contributed by atoms with Crippen LogP contribution in [0.25, 0.3) is 0 Å². The molecule has 9 atom stereocenters. The molecule has 0 spiro atoms. The average molecular weight is 386 g/mol. The van der Waals surface area contributed by atoms with E-state index in [-0.39, 0.29) is 13.0 Å². The SMILES string of the molecule is COC(=O)C1O[C@H](OC)C(O)C(C[C@H]2C(O)C(O)[C@H](O)CN2Cl)[C@@H]1O. The molecule has 25 heavy (non-hydrogen) atoms. The topological polar surface area (TPSA) is 149 Å². The van der Waals surface area contributed by atoms with Crippen LogP contribution in [-0.4, -0.2) is 106 Å². The molecule has 2 saturated heterocycles. The van der Waals surface area contributed by atoms with Gasteiger partial charge in [-0.25, -0.2) is 9.21 Å². The van der Waals surface area contributed by atoms with Crippen molar-refractivity contribution in [1.82, 2.24) is 4.42 Å². The first-order valence-electron chi connectivity index (χ1n) is 7.81. The highest BCUT2D eigenvalue weighted by Crippen LogP contribution is 2.34. The Hall–Kier alpha value is -0.560. The lowest BCUT2D eigenvalue weighted by Crippen LogP contribution is -2.62. The highest BCUT2D eigenvalue weighted by molar-refractivity contribution is 6.13. The number of esters is 1. The first-order chi connectivity index (χ1) is 11.7. The van der Waals surface area contributed by atoms with E-state index >= 15 is 0 Å². The number of aliphatic hydroxyl groups is 5. The molecular formula is C14H24ClNO9. The Morgan fingerprint density at radius 3 is 2.32 bits per heavy atom. The monoisotopic (exact) mass is 385 g/mol. The van der Waals surface area contributed by atoms with E-state index < -0.39 is 60.8 Å². The van der Waals surface area contributed by atoms with Crippen LogP contribution in [0.5, 0.6) is 0 Å². The minimum atomic E-state index is -1.45. The van der Waals surface area contributed by atoms with Crippen molar-refractivity contribution in [3.8, 4) is 0 Å². The Balaban J connectivity index is 2.20. The number of carbonyl (C=O) groups is 1. The molecule has 2 aliphatic rings. The number of piperidine rings is 1. The van der Waals surface area contributed by atoms with Crippen LogP contribution in [0.15, 0.2) is 0 Å². The maximum atomic E-state index is 11.8. The highest BCUT2D eigenvalue weighted by Gasteiger charge is 2.51. The van der Waals surface area contributed by atoms with Crippen molar-refractivity contribution >= 4 is 17.7 Å². The van der Waals surface area contributed by atoms with Gasteiger partial charge in [-0.15, -0.1) is 0 Å². The summed E-state index contributed by atoms with van der Waals surface area (Å²) >= 11 is 6.03. The minimum absolute atomic E-state index is 0.0898. The number of methoxy groups -OCH3 is 2. The molecule has 0 amide bonds. The van der Waals surface area contributed by atoms with Gasteiger partial charge in [-0.05, 0) is 18.2 Å². The molecule has 10 nitrogen and oxygen atoms in total. The van der Waals surface area contributed by atoms with Gasteiger partial charge in [0.25, 0.3) is 0 Å². The lowest BCUT2D eigenvalue weighted by atomic mass is 9.80. The van der Waals surface area contributed by atoms with E-state index in [1.54, 1.807) is 0 Å². The second-order valence-electron chi connectivity index (χ2n) is 6.26. The van der Waals surface area contributed by atoms with Gasteiger partial charge in [-0.2, -0.15) is 0 Å². The van der Waals surface area contributed by atoms with Crippen molar-refractivity contribution < 1.29 is 44.5 Å². The van der Waals surface area contributed by atoms with E-state index in [1.165, 1.54) is 7.11 Å². The smallest absolute Gasteiger partial charge is 0.337 e. The summed E-state index contributed by atoms with van der Waals surface area (Å²) in [4.78, 5) is 11.8. The van der Waals surface area contributed by atoms with Crippen molar-refractivity contribution in [2.45, 2.75) is 55.4 Å². The third-order valence-electron chi connectivity index (χ3n) is 4.79. The molecule has 0 aromatic heterocycles. The molecule has 2 aliphatic heterocycles. The summed E-state index contributed by atoms with van der Waals surface area (Å²) in [6.45, 7) is -0.117. The van der Waals surface area contributed by atoms with E-state index in [2.05, 4.69) is 4.74 Å². The van der Waals surface area contributed by atoms with Gasteiger partial charge >= 0.3 is 5.97 Å². The van der Waals surface area contributed by atoms with Crippen molar-refractivity contribution in [2.24, 2.45) is 5.92 Å². The molecule has 0 saturated carbocycles. The van der Waals surface area contributed by atoms with Gasteiger partial charge in [0.1, 0.15) is 12.2 Å². The Kier molecular flexibility index (Phi) is 6.99. The van der Waals surface area contributed by atoms with Crippen LogP contribution in [0, 0.1) is 5.92 Å². The number of hydrogen-bond acceptors (Lipinski definition) is 10. The normalized spacial score (nSPS) is 46.0. The fraction of sp³-hybridized carbons (Fsp3) is 0.929. The molecule has 0 aromatic carbocycles. The molecule has 0 radical (unpaired) electrons. The third-order valence-corrected chi connectivity index (χ3v) is 5.17. The molecule has 5 N–H and O–H groups in total. The summed E-state index contributed by atoms with van der Waals surface area (Å²) in [6, 6.07) is -0.886. The van der Waals surface area contributed by atoms with Crippen molar-refractivity contribution in [1.29, 1.82) is 0 Å². The summed E-state index contributed by atoms with van der Waals surface area (Å²) in [5.74, 6) is -1.81. The van der Waals surface area contributed by atoms with E-state index in [9.17, 15) is 30.3 Å². The van der Waals surface area contributed by atoms with Crippen LogP contribution in [-0.2, 0) is 19.0 Å². The molecular weight excluding hydrogens is 362 g/mol. The third kappa shape index (κ3) is 4.07. The Labute approximate surface area is 149 Å². The molecule has 0 aromatic rings. The first kappa shape index (κ1) is 20.7. The zero-order valence-electron chi connectivity index (χ0n) is 13.8. The number of halogens is 1. The number of rotatable bonds is 4. The number of ether oxygens (including phenoxy) is 3. The van der Waals surface area contributed by atoms with Gasteiger partial charge in [0.2, 0.25) is 0 Å². The molecule has 5 unspecified atom stereocenters. The molecule has 2 fully saturated rings. The quantitative estimate of drug-likeness (QED) is 0.253. The number of nitrogens with zero attached hydrogens (tertiary/aromatic N) is 1. The van der Waals surface area contributed by atoms with Crippen LogP contribution in [0.2, 0.25) is 0 Å². The van der Waals surface area contributed by atoms with E-state index in [0.29, 0.717) is 0 Å². The maximum absolute atomic E-state index is 11.8. The van der Waals surface area contributed by atoms with Crippen LogP contribution in [0.1, 0.15) is 6.42 Å². The van der Waals surface area contributed by atoms with Crippen molar-refractivity contribution in [3.05, 3.63) is 0 Å². The lowest BCUT2D eigenvalue weighted by molar-refractivity contribution is -0.279. The molecule has 2 heterocycles. The number of aliphatic hydroxyl groups excluding tert-OH is 5. The second kappa shape index (κ2) is 8.42. The summed E-state index contributed by atoms with van der Waals surface area (Å²) < 4.78 is 15.9. The molecule has 2 rings (SSSR count). The van der Waals surface area contributed by atoms with E-state index in [1.807, 2.05) is 0 Å². The van der Waals surface area contributed by atoms with Crippen LogP contribution in [0.4, 0.5) is 0 Å². The highest BCUT2D eigenvalue weighted by atomic mass is 35.5. The standard InChI is InChI=1S/C14H24ClNO9/c1-23-13(22)12-8(18)5(9(19)14(24-2)25-12)3-6-10(20)11(21)7(17)4-16(6)15/h5-12,14,17-21H,3-4H2,1-2H3/t5?,6-,7+,8-,9?,10?,11?,12?,14-/m0/s1. The fourth-order valence-corrected chi connectivity index (χ4v) is 3.63. The largest absolute Gasteiger partial charge is 0.467 e. The van der Waals surface area contributed by atoms with Crippen LogP contribution in [0.3, 0.4) is 0 Å². The predicted octanol–water partition coefficient (Wildman–Crippen LogP) is -2.82. The fourth-order valence-electron chi connectivity index (χ4n) is 3.29. The molecule has 11 heteroatoms. The summed E-state index contributed by atoms with van der Waals surface area (Å²) in [7, 11) is 2.39. The first-order valence-corrected chi connectivity index (χ1v) is 8.15. The summed E-state index contributed by atoms with van der Waals surface area (Å²) in [6.07, 6.45) is -9.51. The van der Waals surface area contributed by atoms with Gasteiger partial charge in [0.15, 0.2) is 12.4 Å².